The molecule has 0 unspecified atom stereocenters. The summed E-state index contributed by atoms with van der Waals surface area (Å²) in [5, 5.41) is 8.23. The summed E-state index contributed by atoms with van der Waals surface area (Å²) in [6.07, 6.45) is 3.24. The highest BCUT2D eigenvalue weighted by molar-refractivity contribution is 5.79. The quantitative estimate of drug-likeness (QED) is 0.860. The van der Waals surface area contributed by atoms with Crippen molar-refractivity contribution in [2.75, 3.05) is 45.9 Å². The zero-order chi connectivity index (χ0) is 17.1. The first-order valence-electron chi connectivity index (χ1n) is 9.65. The summed E-state index contributed by atoms with van der Waals surface area (Å²) in [7, 11) is 0. The van der Waals surface area contributed by atoms with Crippen molar-refractivity contribution < 1.29 is 9.53 Å². The predicted molar refractivity (Wildman–Crippen MR) is 94.0 cm³/mol. The van der Waals surface area contributed by atoms with Gasteiger partial charge in [-0.25, -0.2) is 0 Å². The van der Waals surface area contributed by atoms with Gasteiger partial charge in [-0.15, -0.1) is 0 Å². The van der Waals surface area contributed by atoms with Crippen molar-refractivity contribution in [1.29, 1.82) is 0 Å². The van der Waals surface area contributed by atoms with E-state index in [4.69, 9.17) is 9.84 Å². The van der Waals surface area contributed by atoms with E-state index in [0.29, 0.717) is 19.1 Å². The second-order valence-electron chi connectivity index (χ2n) is 7.39. The van der Waals surface area contributed by atoms with Crippen LogP contribution in [0.1, 0.15) is 30.7 Å². The SMILES string of the molecule is O=C([C@H]1CCCN(Cc2cc3n(n2)CCCNC3)C1)N1CCOCC1. The third kappa shape index (κ3) is 4.04. The fourth-order valence-electron chi connectivity index (χ4n) is 4.17. The molecular weight excluding hydrogens is 318 g/mol. The van der Waals surface area contributed by atoms with Gasteiger partial charge in [0.05, 0.1) is 30.5 Å². The lowest BCUT2D eigenvalue weighted by Crippen LogP contribution is -2.48. The number of aryl methyl sites for hydroxylation is 1. The van der Waals surface area contributed by atoms with Crippen LogP contribution in [0.2, 0.25) is 0 Å². The molecule has 25 heavy (non-hydrogen) atoms. The Morgan fingerprint density at radius 3 is 3.00 bits per heavy atom. The Bertz CT molecular complexity index is 573. The number of carbonyl (C=O) groups excluding carboxylic acids is 1. The minimum Gasteiger partial charge on any atom is -0.378 e. The van der Waals surface area contributed by atoms with Crippen LogP contribution in [-0.2, 0) is 29.2 Å². The Labute approximate surface area is 149 Å². The fraction of sp³-hybridized carbons (Fsp3) is 0.778. The first kappa shape index (κ1) is 17.0. The van der Waals surface area contributed by atoms with Crippen LogP contribution in [0.15, 0.2) is 6.07 Å². The highest BCUT2D eigenvalue weighted by Gasteiger charge is 2.30. The van der Waals surface area contributed by atoms with Crippen LogP contribution in [0.4, 0.5) is 0 Å². The highest BCUT2D eigenvalue weighted by atomic mass is 16.5. The molecule has 4 rings (SSSR count). The van der Waals surface area contributed by atoms with Gasteiger partial charge < -0.3 is 15.0 Å². The Morgan fingerprint density at radius 2 is 2.12 bits per heavy atom. The number of nitrogens with one attached hydrogen (secondary N) is 1. The first-order chi connectivity index (χ1) is 12.3. The number of aromatic nitrogens is 2. The van der Waals surface area contributed by atoms with E-state index in [-0.39, 0.29) is 5.92 Å². The van der Waals surface area contributed by atoms with Crippen LogP contribution in [0.25, 0.3) is 0 Å². The summed E-state index contributed by atoms with van der Waals surface area (Å²) >= 11 is 0. The molecule has 0 saturated carbocycles. The largest absolute Gasteiger partial charge is 0.378 e. The average Bonchev–Trinajstić information content (AvgIpc) is 2.90. The summed E-state index contributed by atoms with van der Waals surface area (Å²) in [6, 6.07) is 2.23. The van der Waals surface area contributed by atoms with Crippen molar-refractivity contribution in [2.24, 2.45) is 5.92 Å². The van der Waals surface area contributed by atoms with Crippen molar-refractivity contribution in [1.82, 2.24) is 24.9 Å². The van der Waals surface area contributed by atoms with E-state index in [1.54, 1.807) is 0 Å². The number of hydrogen-bond acceptors (Lipinski definition) is 5. The number of ether oxygens (including phenoxy) is 1. The van der Waals surface area contributed by atoms with E-state index < -0.39 is 0 Å². The molecule has 0 bridgehead atoms. The standard InChI is InChI=1S/C18H29N5O2/c24-18(22-7-9-25-10-8-22)15-3-1-5-21(13-15)14-16-11-17-12-19-4-2-6-23(17)20-16/h11,15,19H,1-10,12-14H2/t15-/m0/s1. The number of amides is 1. The lowest BCUT2D eigenvalue weighted by Gasteiger charge is -2.36. The third-order valence-electron chi connectivity index (χ3n) is 5.51. The zero-order valence-corrected chi connectivity index (χ0v) is 15.0. The molecule has 1 aromatic heterocycles. The monoisotopic (exact) mass is 347 g/mol. The molecule has 0 aliphatic carbocycles. The summed E-state index contributed by atoms with van der Waals surface area (Å²) in [5.74, 6) is 0.451. The number of hydrogen-bond donors (Lipinski definition) is 1. The zero-order valence-electron chi connectivity index (χ0n) is 15.0. The van der Waals surface area contributed by atoms with E-state index in [0.717, 1.165) is 77.3 Å². The fourth-order valence-corrected chi connectivity index (χ4v) is 4.17. The van der Waals surface area contributed by atoms with Crippen LogP contribution in [0.5, 0.6) is 0 Å². The lowest BCUT2D eigenvalue weighted by molar-refractivity contribution is -0.141. The second-order valence-corrected chi connectivity index (χ2v) is 7.39. The van der Waals surface area contributed by atoms with Gasteiger partial charge in [-0.3, -0.25) is 14.4 Å². The lowest BCUT2D eigenvalue weighted by atomic mass is 9.96. The number of likely N-dealkylation sites (tertiary alicyclic amines) is 1. The number of morpholine rings is 1. The van der Waals surface area contributed by atoms with Crippen LogP contribution in [0, 0.1) is 5.92 Å². The average molecular weight is 347 g/mol. The molecule has 0 radical (unpaired) electrons. The van der Waals surface area contributed by atoms with Crippen molar-refractivity contribution in [3.05, 3.63) is 17.5 Å². The maximum Gasteiger partial charge on any atom is 0.227 e. The number of fused-ring (bicyclic) bond motifs is 1. The van der Waals surface area contributed by atoms with Gasteiger partial charge >= 0.3 is 0 Å². The van der Waals surface area contributed by atoms with Gasteiger partial charge in [0.2, 0.25) is 5.91 Å². The normalized spacial score (nSPS) is 25.4. The van der Waals surface area contributed by atoms with Crippen LogP contribution in [0.3, 0.4) is 0 Å². The molecule has 1 N–H and O–H groups in total. The molecule has 2 fully saturated rings. The van der Waals surface area contributed by atoms with E-state index in [9.17, 15) is 4.79 Å². The smallest absolute Gasteiger partial charge is 0.227 e. The van der Waals surface area contributed by atoms with Crippen LogP contribution in [-0.4, -0.2) is 71.4 Å². The van der Waals surface area contributed by atoms with E-state index in [1.807, 2.05) is 4.90 Å². The Hall–Kier alpha value is -1.44. The summed E-state index contributed by atoms with van der Waals surface area (Å²) < 4.78 is 7.51. The third-order valence-corrected chi connectivity index (χ3v) is 5.51. The van der Waals surface area contributed by atoms with Crippen molar-refractivity contribution in [3.63, 3.8) is 0 Å². The van der Waals surface area contributed by atoms with E-state index in [2.05, 4.69) is 21.0 Å². The van der Waals surface area contributed by atoms with E-state index in [1.165, 1.54) is 5.69 Å². The topological polar surface area (TPSA) is 62.6 Å². The van der Waals surface area contributed by atoms with Crippen molar-refractivity contribution in [3.8, 4) is 0 Å². The minimum absolute atomic E-state index is 0.133. The first-order valence-corrected chi connectivity index (χ1v) is 9.65. The van der Waals surface area contributed by atoms with Gasteiger partial charge in [-0.1, -0.05) is 0 Å². The highest BCUT2D eigenvalue weighted by Crippen LogP contribution is 2.21. The maximum absolute atomic E-state index is 12.8. The molecule has 3 aliphatic heterocycles. The van der Waals surface area contributed by atoms with Gasteiger partial charge in [0.25, 0.3) is 0 Å². The molecule has 3 aliphatic rings. The molecule has 7 nitrogen and oxygen atoms in total. The second kappa shape index (κ2) is 7.85. The molecule has 4 heterocycles. The van der Waals surface area contributed by atoms with Gasteiger partial charge in [-0.05, 0) is 38.4 Å². The molecule has 0 aromatic carbocycles. The summed E-state index contributed by atoms with van der Waals surface area (Å²) in [6.45, 7) is 8.59. The molecule has 138 valence electrons. The summed E-state index contributed by atoms with van der Waals surface area (Å²) in [4.78, 5) is 17.2. The number of rotatable bonds is 3. The van der Waals surface area contributed by atoms with Crippen LogP contribution >= 0.6 is 0 Å². The molecule has 2 saturated heterocycles. The maximum atomic E-state index is 12.8. The Balaban J connectivity index is 1.35. The minimum atomic E-state index is 0.133. The van der Waals surface area contributed by atoms with Gasteiger partial charge in [0.1, 0.15) is 0 Å². The molecule has 1 amide bonds. The molecular formula is C18H29N5O2. The molecule has 7 heteroatoms. The van der Waals surface area contributed by atoms with Gasteiger partial charge in [0.15, 0.2) is 0 Å². The number of piperidine rings is 1. The van der Waals surface area contributed by atoms with Gasteiger partial charge in [-0.2, -0.15) is 5.10 Å². The van der Waals surface area contributed by atoms with Crippen molar-refractivity contribution >= 4 is 5.91 Å². The van der Waals surface area contributed by atoms with Gasteiger partial charge in [0, 0.05) is 39.3 Å². The Morgan fingerprint density at radius 1 is 1.24 bits per heavy atom. The molecule has 1 aromatic rings. The van der Waals surface area contributed by atoms with E-state index >= 15 is 0 Å². The Kier molecular flexibility index (Phi) is 5.33. The predicted octanol–water partition coefficient (Wildman–Crippen LogP) is 0.447. The number of carbonyl (C=O) groups is 1. The van der Waals surface area contributed by atoms with Crippen molar-refractivity contribution in [2.45, 2.75) is 38.9 Å². The number of nitrogens with zero attached hydrogens (tertiary/aromatic N) is 4. The van der Waals surface area contributed by atoms with Crippen LogP contribution < -0.4 is 5.32 Å². The molecule has 1 atom stereocenters. The molecule has 0 spiro atoms. The summed E-state index contributed by atoms with van der Waals surface area (Å²) in [5.41, 5.74) is 2.42.